The van der Waals surface area contributed by atoms with Gasteiger partial charge in [0.1, 0.15) is 5.52 Å². The lowest BCUT2D eigenvalue weighted by Crippen LogP contribution is -2.38. The van der Waals surface area contributed by atoms with Gasteiger partial charge in [-0.05, 0) is 67.4 Å². The zero-order valence-corrected chi connectivity index (χ0v) is 19.3. The number of anilines is 2. The molecule has 180 valence electrons. The summed E-state index contributed by atoms with van der Waals surface area (Å²) in [7, 11) is 0. The van der Waals surface area contributed by atoms with Gasteiger partial charge in [0.2, 0.25) is 5.95 Å². The predicted molar refractivity (Wildman–Crippen MR) is 135 cm³/mol. The van der Waals surface area contributed by atoms with E-state index in [-0.39, 0.29) is 17.8 Å². The number of piperidine rings is 1. The third kappa shape index (κ3) is 4.32. The van der Waals surface area contributed by atoms with Crippen molar-refractivity contribution in [2.75, 3.05) is 23.3 Å². The van der Waals surface area contributed by atoms with Crippen molar-refractivity contribution in [1.29, 1.82) is 0 Å². The normalized spacial score (nSPS) is 15.8. The molecule has 36 heavy (non-hydrogen) atoms. The lowest BCUT2D eigenvalue weighted by atomic mass is 10.0. The fraction of sp³-hybridized carbons (Fsp3) is 0.185. The maximum atomic E-state index is 12.3. The summed E-state index contributed by atoms with van der Waals surface area (Å²) < 4.78 is 10.8. The fourth-order valence-electron chi connectivity index (χ4n) is 4.47. The molecule has 1 aliphatic heterocycles. The first kappa shape index (κ1) is 22.0. The number of hydrogen-bond acceptors (Lipinski definition) is 8. The third-order valence-corrected chi connectivity index (χ3v) is 6.29. The third-order valence-electron chi connectivity index (χ3n) is 6.29. The highest BCUT2D eigenvalue weighted by Gasteiger charge is 2.19. The van der Waals surface area contributed by atoms with E-state index in [4.69, 9.17) is 8.94 Å². The van der Waals surface area contributed by atoms with E-state index in [0.29, 0.717) is 18.0 Å². The summed E-state index contributed by atoms with van der Waals surface area (Å²) in [5.74, 6) is 0.605. The van der Waals surface area contributed by atoms with E-state index >= 15 is 0 Å². The van der Waals surface area contributed by atoms with Gasteiger partial charge in [0.25, 0.3) is 5.91 Å². The number of carbonyl (C=O) groups excluding carboxylic acids is 1. The molecule has 0 aliphatic carbocycles. The smallest absolute Gasteiger partial charge is 0.293 e. The predicted octanol–water partition coefficient (Wildman–Crippen LogP) is 4.76. The zero-order valence-electron chi connectivity index (χ0n) is 19.3. The molecule has 9 heteroatoms. The summed E-state index contributed by atoms with van der Waals surface area (Å²) in [6.45, 7) is 1.59. The van der Waals surface area contributed by atoms with Crippen LogP contribution in [-0.4, -0.2) is 45.3 Å². The van der Waals surface area contributed by atoms with Gasteiger partial charge in [-0.15, -0.1) is 0 Å². The van der Waals surface area contributed by atoms with Crippen LogP contribution in [0, 0.1) is 0 Å². The number of aromatic nitrogens is 3. The number of nitrogens with zero attached hydrogens (tertiary/aromatic N) is 4. The van der Waals surface area contributed by atoms with E-state index in [2.05, 4.69) is 25.3 Å². The number of aliphatic hydroxyl groups is 1. The molecular weight excluding hydrogens is 458 g/mol. The molecule has 9 nitrogen and oxygen atoms in total. The summed E-state index contributed by atoms with van der Waals surface area (Å²) >= 11 is 0. The van der Waals surface area contributed by atoms with Crippen molar-refractivity contribution in [3.63, 3.8) is 0 Å². The van der Waals surface area contributed by atoms with E-state index in [1.165, 1.54) is 6.26 Å². The average molecular weight is 482 g/mol. The summed E-state index contributed by atoms with van der Waals surface area (Å²) in [6, 6.07) is 18.9. The van der Waals surface area contributed by atoms with E-state index in [1.807, 2.05) is 42.5 Å². The molecule has 1 amide bonds. The van der Waals surface area contributed by atoms with Crippen molar-refractivity contribution < 1.29 is 18.8 Å². The molecule has 4 heterocycles. The number of furan rings is 1. The molecule has 0 spiro atoms. The molecule has 2 aromatic carbocycles. The number of aliphatic hydroxyl groups excluding tert-OH is 1. The van der Waals surface area contributed by atoms with Crippen LogP contribution in [0.2, 0.25) is 0 Å². The largest absolute Gasteiger partial charge is 0.459 e. The fourth-order valence-corrected chi connectivity index (χ4v) is 4.47. The Hall–Kier alpha value is -4.50. The van der Waals surface area contributed by atoms with Gasteiger partial charge in [-0.25, -0.2) is 9.97 Å². The second kappa shape index (κ2) is 9.27. The Kier molecular flexibility index (Phi) is 5.67. The lowest BCUT2D eigenvalue weighted by molar-refractivity contribution is 0.0995. The van der Waals surface area contributed by atoms with Gasteiger partial charge in [0.15, 0.2) is 11.5 Å². The molecule has 1 saturated heterocycles. The average Bonchev–Trinajstić information content (AvgIpc) is 3.59. The monoisotopic (exact) mass is 481 g/mol. The molecule has 5 aromatic rings. The molecule has 1 aliphatic rings. The van der Waals surface area contributed by atoms with Crippen LogP contribution >= 0.6 is 0 Å². The standard InChI is InChI=1S/C27H23N5O4/c33-20-3-1-13-32(16-20)19-8-5-17(6-9-19)25-21-15-18(7-10-23(21)31-36-25)22-11-12-28-27(29-22)30-26(34)24-4-2-14-35-24/h2,4-12,14-15,20,33H,1,3,13,16H2,(H,28,29,30,34). The van der Waals surface area contributed by atoms with E-state index in [9.17, 15) is 9.90 Å². The lowest BCUT2D eigenvalue weighted by Gasteiger charge is -2.32. The van der Waals surface area contributed by atoms with Gasteiger partial charge in [0, 0.05) is 36.1 Å². The minimum atomic E-state index is -0.420. The summed E-state index contributed by atoms with van der Waals surface area (Å²) in [6.07, 6.45) is 4.58. The quantitative estimate of drug-likeness (QED) is 0.369. The minimum absolute atomic E-state index is 0.179. The number of benzene rings is 2. The van der Waals surface area contributed by atoms with Crippen LogP contribution in [0.25, 0.3) is 33.5 Å². The highest BCUT2D eigenvalue weighted by Crippen LogP contribution is 2.33. The van der Waals surface area contributed by atoms with Crippen LogP contribution in [0.4, 0.5) is 11.6 Å². The van der Waals surface area contributed by atoms with Crippen LogP contribution in [0.5, 0.6) is 0 Å². The van der Waals surface area contributed by atoms with Crippen molar-refractivity contribution in [2.45, 2.75) is 18.9 Å². The van der Waals surface area contributed by atoms with E-state index in [1.54, 1.807) is 24.4 Å². The second-order valence-electron chi connectivity index (χ2n) is 8.73. The Bertz CT molecular complexity index is 1510. The summed E-state index contributed by atoms with van der Waals surface area (Å²) in [5, 5.41) is 17.7. The SMILES string of the molecule is O=C(Nc1nccc(-c2ccc3noc(-c4ccc(N5CCCC(O)C5)cc4)c3c2)n1)c1ccco1. The van der Waals surface area contributed by atoms with Gasteiger partial charge in [-0.3, -0.25) is 10.1 Å². The molecule has 1 unspecified atom stereocenters. The number of carbonyl (C=O) groups is 1. The highest BCUT2D eigenvalue weighted by atomic mass is 16.5. The molecule has 3 aromatic heterocycles. The Morgan fingerprint density at radius 1 is 1.08 bits per heavy atom. The number of nitrogens with one attached hydrogen (secondary N) is 1. The van der Waals surface area contributed by atoms with Crippen molar-refractivity contribution >= 4 is 28.4 Å². The number of hydrogen-bond donors (Lipinski definition) is 2. The maximum absolute atomic E-state index is 12.3. The molecule has 6 rings (SSSR count). The van der Waals surface area contributed by atoms with Crippen molar-refractivity contribution in [3.8, 4) is 22.6 Å². The molecule has 2 N–H and O–H groups in total. The van der Waals surface area contributed by atoms with Crippen LogP contribution in [-0.2, 0) is 0 Å². The topological polar surface area (TPSA) is 118 Å². The first-order valence-corrected chi connectivity index (χ1v) is 11.8. The van der Waals surface area contributed by atoms with Crippen LogP contribution in [0.1, 0.15) is 23.4 Å². The first-order valence-electron chi connectivity index (χ1n) is 11.8. The Labute approximate surface area is 206 Å². The van der Waals surface area contributed by atoms with E-state index < -0.39 is 5.91 Å². The molecule has 0 bridgehead atoms. The molecule has 1 atom stereocenters. The summed E-state index contributed by atoms with van der Waals surface area (Å²) in [4.78, 5) is 23.1. The van der Waals surface area contributed by atoms with Gasteiger partial charge >= 0.3 is 0 Å². The minimum Gasteiger partial charge on any atom is -0.459 e. The van der Waals surface area contributed by atoms with Crippen LogP contribution < -0.4 is 10.2 Å². The van der Waals surface area contributed by atoms with Crippen molar-refractivity contribution in [1.82, 2.24) is 15.1 Å². The van der Waals surface area contributed by atoms with Gasteiger partial charge < -0.3 is 18.9 Å². The van der Waals surface area contributed by atoms with Gasteiger partial charge in [-0.1, -0.05) is 11.2 Å². The van der Waals surface area contributed by atoms with Crippen LogP contribution in [0.3, 0.4) is 0 Å². The maximum Gasteiger partial charge on any atom is 0.293 e. The molecule has 0 radical (unpaired) electrons. The first-order chi connectivity index (χ1) is 17.6. The Morgan fingerprint density at radius 3 is 2.75 bits per heavy atom. The molecule has 0 saturated carbocycles. The molecular formula is C27H23N5O4. The summed E-state index contributed by atoms with van der Waals surface area (Å²) in [5.41, 5.74) is 4.20. The number of rotatable bonds is 5. The van der Waals surface area contributed by atoms with Crippen molar-refractivity contribution in [2.24, 2.45) is 0 Å². The van der Waals surface area contributed by atoms with E-state index in [0.717, 1.165) is 47.1 Å². The Morgan fingerprint density at radius 2 is 1.94 bits per heavy atom. The van der Waals surface area contributed by atoms with Crippen molar-refractivity contribution in [3.05, 3.63) is 78.9 Å². The number of fused-ring (bicyclic) bond motifs is 1. The Balaban J connectivity index is 1.27. The zero-order chi connectivity index (χ0) is 24.5. The van der Waals surface area contributed by atoms with Gasteiger partial charge in [0.05, 0.1) is 23.4 Å². The molecule has 1 fully saturated rings. The van der Waals surface area contributed by atoms with Gasteiger partial charge in [-0.2, -0.15) is 0 Å². The van der Waals surface area contributed by atoms with Crippen LogP contribution in [0.15, 0.2) is 82.1 Å². The number of amides is 1. The number of β-amino-alcohol motifs (C(OH)–C–C–N with tert-alkyl or cyclic N) is 1. The highest BCUT2D eigenvalue weighted by molar-refractivity contribution is 6.01. The second-order valence-corrected chi connectivity index (χ2v) is 8.73.